The van der Waals surface area contributed by atoms with E-state index in [0.29, 0.717) is 21.9 Å². The standard InChI is InChI=1S/C27H22N4OS2/c1-33-20-14-12-17(13-15-20)16-29-26(32)25-23(28)22-21(18-8-4-2-5-9-18)24(30-31-27(22)34-25)19-10-6-3-7-11-19/h2-15H,16,28H2,1H3,(H,29,32). The highest BCUT2D eigenvalue weighted by Gasteiger charge is 2.23. The van der Waals surface area contributed by atoms with Gasteiger partial charge in [0.1, 0.15) is 15.4 Å². The number of benzene rings is 3. The van der Waals surface area contributed by atoms with Crippen molar-refractivity contribution in [2.75, 3.05) is 12.0 Å². The summed E-state index contributed by atoms with van der Waals surface area (Å²) >= 11 is 2.96. The Morgan fingerprint density at radius 2 is 1.56 bits per heavy atom. The molecule has 0 radical (unpaired) electrons. The van der Waals surface area contributed by atoms with Gasteiger partial charge in [-0.2, -0.15) is 0 Å². The molecule has 3 N–H and O–H groups in total. The molecule has 5 nitrogen and oxygen atoms in total. The first-order valence-corrected chi connectivity index (χ1v) is 12.8. The Morgan fingerprint density at radius 1 is 0.912 bits per heavy atom. The Hall–Kier alpha value is -3.68. The molecule has 0 bridgehead atoms. The summed E-state index contributed by atoms with van der Waals surface area (Å²) in [6.45, 7) is 0.424. The molecule has 2 heterocycles. The second kappa shape index (κ2) is 9.67. The van der Waals surface area contributed by atoms with Crippen LogP contribution in [-0.2, 0) is 6.54 Å². The van der Waals surface area contributed by atoms with E-state index in [1.807, 2.05) is 91.2 Å². The molecular weight excluding hydrogens is 460 g/mol. The zero-order chi connectivity index (χ0) is 23.5. The molecule has 168 valence electrons. The fraction of sp³-hybridized carbons (Fsp3) is 0.0741. The van der Waals surface area contributed by atoms with E-state index >= 15 is 0 Å². The van der Waals surface area contributed by atoms with Crippen molar-refractivity contribution in [3.05, 3.63) is 95.4 Å². The Bertz CT molecular complexity index is 1450. The van der Waals surface area contributed by atoms with Crippen LogP contribution in [0, 0.1) is 0 Å². The molecule has 0 unspecified atom stereocenters. The second-order valence-corrected chi connectivity index (χ2v) is 9.59. The van der Waals surface area contributed by atoms with Crippen molar-refractivity contribution in [1.29, 1.82) is 0 Å². The maximum atomic E-state index is 13.1. The van der Waals surface area contributed by atoms with Crippen LogP contribution >= 0.6 is 23.1 Å². The van der Waals surface area contributed by atoms with Gasteiger partial charge in [0.05, 0.1) is 5.69 Å². The lowest BCUT2D eigenvalue weighted by Gasteiger charge is -2.11. The molecule has 34 heavy (non-hydrogen) atoms. The van der Waals surface area contributed by atoms with E-state index < -0.39 is 0 Å². The van der Waals surface area contributed by atoms with E-state index in [2.05, 4.69) is 15.5 Å². The second-order valence-electron chi connectivity index (χ2n) is 7.71. The Labute approximate surface area is 206 Å². The minimum Gasteiger partial charge on any atom is -0.397 e. The average molecular weight is 483 g/mol. The molecule has 0 spiro atoms. The van der Waals surface area contributed by atoms with E-state index in [1.54, 1.807) is 11.8 Å². The van der Waals surface area contributed by atoms with Crippen LogP contribution in [0.3, 0.4) is 0 Å². The first kappa shape index (κ1) is 22.1. The molecule has 0 fully saturated rings. The third-order valence-electron chi connectivity index (χ3n) is 5.58. The predicted octanol–water partition coefficient (Wildman–Crippen LogP) is 6.26. The molecule has 5 rings (SSSR count). The maximum absolute atomic E-state index is 13.1. The number of nitrogens with two attached hydrogens (primary N) is 1. The van der Waals surface area contributed by atoms with Gasteiger partial charge < -0.3 is 11.1 Å². The SMILES string of the molecule is CSc1ccc(CNC(=O)c2sc3nnc(-c4ccccc4)c(-c4ccccc4)c3c2N)cc1. The number of nitrogens with one attached hydrogen (secondary N) is 1. The highest BCUT2D eigenvalue weighted by atomic mass is 32.2. The lowest BCUT2D eigenvalue weighted by molar-refractivity contribution is 0.0956. The number of amides is 1. The first-order valence-electron chi connectivity index (χ1n) is 10.8. The molecule has 2 aromatic heterocycles. The molecular formula is C27H22N4OS2. The van der Waals surface area contributed by atoms with Gasteiger partial charge >= 0.3 is 0 Å². The monoisotopic (exact) mass is 482 g/mol. The number of aromatic nitrogens is 2. The van der Waals surface area contributed by atoms with Crippen molar-refractivity contribution >= 4 is 44.9 Å². The first-order chi connectivity index (χ1) is 16.7. The summed E-state index contributed by atoms with van der Waals surface area (Å²) in [7, 11) is 0. The lowest BCUT2D eigenvalue weighted by Crippen LogP contribution is -2.22. The number of carbonyl (C=O) groups is 1. The third kappa shape index (κ3) is 4.27. The fourth-order valence-electron chi connectivity index (χ4n) is 3.87. The van der Waals surface area contributed by atoms with Crippen LogP contribution in [0.1, 0.15) is 15.2 Å². The van der Waals surface area contributed by atoms with Gasteiger partial charge in [0.15, 0.2) is 0 Å². The zero-order valence-electron chi connectivity index (χ0n) is 18.5. The summed E-state index contributed by atoms with van der Waals surface area (Å²) in [6.07, 6.45) is 2.04. The lowest BCUT2D eigenvalue weighted by atomic mass is 9.96. The number of carbonyl (C=O) groups excluding carboxylic acids is 1. The van der Waals surface area contributed by atoms with Gasteiger partial charge in [-0.15, -0.1) is 33.3 Å². The molecule has 0 atom stereocenters. The normalized spacial score (nSPS) is 11.0. The van der Waals surface area contributed by atoms with Crippen LogP contribution < -0.4 is 11.1 Å². The molecule has 5 aromatic rings. The van der Waals surface area contributed by atoms with Crippen LogP contribution in [0.4, 0.5) is 5.69 Å². The predicted molar refractivity (Wildman–Crippen MR) is 142 cm³/mol. The minimum absolute atomic E-state index is 0.213. The molecule has 0 saturated carbocycles. The quantitative estimate of drug-likeness (QED) is 0.279. The van der Waals surface area contributed by atoms with Crippen molar-refractivity contribution in [2.24, 2.45) is 0 Å². The van der Waals surface area contributed by atoms with Gasteiger partial charge in [0.25, 0.3) is 5.91 Å². The van der Waals surface area contributed by atoms with Gasteiger partial charge in [-0.05, 0) is 29.5 Å². The Kier molecular flexibility index (Phi) is 6.29. The average Bonchev–Trinajstić information content (AvgIpc) is 3.24. The van der Waals surface area contributed by atoms with Crippen LogP contribution in [0.5, 0.6) is 0 Å². The highest BCUT2D eigenvalue weighted by molar-refractivity contribution is 7.98. The van der Waals surface area contributed by atoms with Crippen molar-refractivity contribution in [2.45, 2.75) is 11.4 Å². The Morgan fingerprint density at radius 3 is 2.21 bits per heavy atom. The van der Waals surface area contributed by atoms with Crippen molar-refractivity contribution in [1.82, 2.24) is 15.5 Å². The summed E-state index contributed by atoms with van der Waals surface area (Å²) in [4.78, 5) is 15.4. The topological polar surface area (TPSA) is 80.9 Å². The van der Waals surface area contributed by atoms with Crippen LogP contribution in [0.25, 0.3) is 32.6 Å². The van der Waals surface area contributed by atoms with Crippen LogP contribution in [0.15, 0.2) is 89.8 Å². The number of anilines is 1. The third-order valence-corrected chi connectivity index (χ3v) is 7.41. The summed E-state index contributed by atoms with van der Waals surface area (Å²) in [6, 6.07) is 28.0. The number of nitrogens with zero attached hydrogens (tertiary/aromatic N) is 2. The van der Waals surface area contributed by atoms with Gasteiger partial charge in [0.2, 0.25) is 0 Å². The van der Waals surface area contributed by atoms with E-state index in [-0.39, 0.29) is 5.91 Å². The summed E-state index contributed by atoms with van der Waals surface area (Å²) < 4.78 is 0. The molecule has 1 amide bonds. The minimum atomic E-state index is -0.213. The van der Waals surface area contributed by atoms with Gasteiger partial charge in [-0.1, -0.05) is 72.8 Å². The number of nitrogen functional groups attached to an aromatic ring is 1. The summed E-state index contributed by atoms with van der Waals surface area (Å²) in [5, 5.41) is 12.8. The Balaban J connectivity index is 1.56. The number of rotatable bonds is 6. The molecule has 0 aliphatic rings. The van der Waals surface area contributed by atoms with Gasteiger partial charge in [-0.3, -0.25) is 4.79 Å². The smallest absolute Gasteiger partial charge is 0.263 e. The largest absolute Gasteiger partial charge is 0.397 e. The van der Waals surface area contributed by atoms with Crippen molar-refractivity contribution < 1.29 is 4.79 Å². The molecule has 0 saturated heterocycles. The number of fused-ring (bicyclic) bond motifs is 1. The molecule has 0 aliphatic carbocycles. The van der Waals surface area contributed by atoms with Crippen molar-refractivity contribution in [3.8, 4) is 22.4 Å². The maximum Gasteiger partial charge on any atom is 0.263 e. The fourth-order valence-corrected chi connectivity index (χ4v) is 5.24. The highest BCUT2D eigenvalue weighted by Crippen LogP contribution is 2.42. The van der Waals surface area contributed by atoms with E-state index in [1.165, 1.54) is 16.2 Å². The summed E-state index contributed by atoms with van der Waals surface area (Å²) in [5.74, 6) is -0.213. The molecule has 0 aliphatic heterocycles. The van der Waals surface area contributed by atoms with Crippen molar-refractivity contribution in [3.63, 3.8) is 0 Å². The number of hydrogen-bond acceptors (Lipinski definition) is 6. The van der Waals surface area contributed by atoms with E-state index in [4.69, 9.17) is 5.73 Å². The van der Waals surface area contributed by atoms with Crippen LogP contribution in [-0.4, -0.2) is 22.4 Å². The van der Waals surface area contributed by atoms with E-state index in [9.17, 15) is 4.79 Å². The number of thiophene rings is 1. The molecule has 3 aromatic carbocycles. The summed E-state index contributed by atoms with van der Waals surface area (Å²) in [5.41, 5.74) is 11.6. The van der Waals surface area contributed by atoms with Crippen LogP contribution in [0.2, 0.25) is 0 Å². The van der Waals surface area contributed by atoms with E-state index in [0.717, 1.165) is 33.3 Å². The molecule has 7 heteroatoms. The van der Waals surface area contributed by atoms with Gasteiger partial charge in [0, 0.05) is 28.0 Å². The van der Waals surface area contributed by atoms with Gasteiger partial charge in [-0.25, -0.2) is 0 Å². The number of thioether (sulfide) groups is 1. The zero-order valence-corrected chi connectivity index (χ0v) is 20.1. The number of hydrogen-bond donors (Lipinski definition) is 2.